The molecule has 1 N–H and O–H groups in total. The Hall–Kier alpha value is -0.180. The third-order valence-corrected chi connectivity index (χ3v) is 1.50. The van der Waals surface area contributed by atoms with Gasteiger partial charge in [0.15, 0.2) is 0 Å². The quantitative estimate of drug-likeness (QED) is 0.604. The van der Waals surface area contributed by atoms with Crippen LogP contribution in [0, 0.1) is 0 Å². The topological polar surface area (TPSA) is 12.0 Å². The molecule has 0 aromatic carbocycles. The van der Waals surface area contributed by atoms with Gasteiger partial charge in [0.2, 0.25) is 0 Å². The molecule has 0 unspecified atom stereocenters. The Kier molecular flexibility index (Phi) is 3.79. The smallest absolute Gasteiger partial charge is 0.251 e. The van der Waals surface area contributed by atoms with Gasteiger partial charge in [-0.15, -0.1) is 0 Å². The van der Waals surface area contributed by atoms with Gasteiger partial charge in [0.25, 0.3) is 5.92 Å². The summed E-state index contributed by atoms with van der Waals surface area (Å²) >= 11 is 0. The zero-order chi connectivity index (χ0) is 8.20. The molecule has 1 fully saturated rings. The third-order valence-electron chi connectivity index (χ3n) is 1.50. The lowest BCUT2D eigenvalue weighted by Crippen LogP contribution is -2.46. The van der Waals surface area contributed by atoms with E-state index >= 15 is 0 Å². The molecule has 10 heavy (non-hydrogen) atoms. The van der Waals surface area contributed by atoms with Gasteiger partial charge in [-0.2, -0.15) is 0 Å². The van der Waals surface area contributed by atoms with E-state index < -0.39 is 5.92 Å². The van der Waals surface area contributed by atoms with Crippen LogP contribution in [0.3, 0.4) is 0 Å². The average molecular weight is 151 g/mol. The molecule has 1 aliphatic rings. The monoisotopic (exact) mass is 151 g/mol. The van der Waals surface area contributed by atoms with Crippen LogP contribution in [0.25, 0.3) is 0 Å². The van der Waals surface area contributed by atoms with Crippen LogP contribution < -0.4 is 5.32 Å². The third kappa shape index (κ3) is 2.60. The van der Waals surface area contributed by atoms with E-state index in [1.165, 1.54) is 0 Å². The molecular formula is C7H15F2N. The van der Waals surface area contributed by atoms with E-state index in [1.54, 1.807) is 7.05 Å². The lowest BCUT2D eigenvalue weighted by atomic mass is 9.88. The maximum absolute atomic E-state index is 11.9. The minimum atomic E-state index is -2.37. The van der Waals surface area contributed by atoms with Crippen molar-refractivity contribution in [3.8, 4) is 0 Å². The molecular weight excluding hydrogens is 136 g/mol. The summed E-state index contributed by atoms with van der Waals surface area (Å²) in [6.45, 7) is 4.00. The summed E-state index contributed by atoms with van der Waals surface area (Å²) in [7, 11) is 1.71. The molecule has 0 aliphatic heterocycles. The zero-order valence-electron chi connectivity index (χ0n) is 6.75. The van der Waals surface area contributed by atoms with Crippen LogP contribution in [-0.2, 0) is 0 Å². The molecule has 3 heteroatoms. The van der Waals surface area contributed by atoms with Crippen LogP contribution in [-0.4, -0.2) is 19.0 Å². The van der Waals surface area contributed by atoms with Crippen molar-refractivity contribution in [2.45, 2.75) is 38.7 Å². The highest BCUT2D eigenvalue weighted by Gasteiger charge is 2.44. The molecule has 0 heterocycles. The first kappa shape index (κ1) is 9.82. The normalized spacial score (nSPS) is 22.5. The fraction of sp³-hybridized carbons (Fsp3) is 1.00. The molecule has 0 amide bonds. The van der Waals surface area contributed by atoms with E-state index in [1.807, 2.05) is 13.8 Å². The van der Waals surface area contributed by atoms with Crippen LogP contribution in [0.5, 0.6) is 0 Å². The molecule has 0 radical (unpaired) electrons. The molecule has 0 bridgehead atoms. The van der Waals surface area contributed by atoms with Gasteiger partial charge in [-0.25, -0.2) is 8.78 Å². The SMILES string of the molecule is CC.CNC1CC(F)(F)C1. The number of hydrogen-bond acceptors (Lipinski definition) is 1. The Labute approximate surface area is 60.8 Å². The summed E-state index contributed by atoms with van der Waals surface area (Å²) in [6, 6.07) is 0.0602. The molecule has 0 atom stereocenters. The first-order valence-electron chi connectivity index (χ1n) is 3.69. The van der Waals surface area contributed by atoms with Crippen molar-refractivity contribution >= 4 is 0 Å². The van der Waals surface area contributed by atoms with Gasteiger partial charge in [0, 0.05) is 18.9 Å². The van der Waals surface area contributed by atoms with Crippen LogP contribution >= 0.6 is 0 Å². The minimum absolute atomic E-state index is 0.0174. The van der Waals surface area contributed by atoms with E-state index in [9.17, 15) is 8.78 Å². The van der Waals surface area contributed by atoms with Crippen molar-refractivity contribution in [3.05, 3.63) is 0 Å². The predicted molar refractivity (Wildman–Crippen MR) is 38.4 cm³/mol. The number of nitrogens with one attached hydrogen (secondary N) is 1. The Bertz CT molecular complexity index is 85.6. The fourth-order valence-electron chi connectivity index (χ4n) is 0.865. The summed E-state index contributed by atoms with van der Waals surface area (Å²) in [5.41, 5.74) is 0. The van der Waals surface area contributed by atoms with Gasteiger partial charge in [-0.05, 0) is 7.05 Å². The highest BCUT2D eigenvalue weighted by Crippen LogP contribution is 2.36. The summed E-state index contributed by atoms with van der Waals surface area (Å²) in [4.78, 5) is 0. The van der Waals surface area contributed by atoms with Crippen LogP contribution in [0.2, 0.25) is 0 Å². The molecule has 0 saturated heterocycles. The second kappa shape index (κ2) is 3.86. The maximum Gasteiger partial charge on any atom is 0.251 e. The van der Waals surface area contributed by atoms with Crippen LogP contribution in [0.1, 0.15) is 26.7 Å². The Morgan fingerprint density at radius 3 is 1.80 bits per heavy atom. The van der Waals surface area contributed by atoms with E-state index in [2.05, 4.69) is 5.32 Å². The van der Waals surface area contributed by atoms with E-state index in [4.69, 9.17) is 0 Å². The van der Waals surface area contributed by atoms with Gasteiger partial charge in [0.1, 0.15) is 0 Å². The molecule has 0 spiro atoms. The number of halogens is 2. The van der Waals surface area contributed by atoms with Crippen molar-refractivity contribution in [1.82, 2.24) is 5.32 Å². The summed E-state index contributed by atoms with van der Waals surface area (Å²) in [5.74, 6) is -2.37. The zero-order valence-corrected chi connectivity index (χ0v) is 6.75. The molecule has 1 nitrogen and oxygen atoms in total. The fourth-order valence-corrected chi connectivity index (χ4v) is 0.865. The Morgan fingerprint density at radius 2 is 1.70 bits per heavy atom. The first-order valence-corrected chi connectivity index (χ1v) is 3.69. The number of rotatable bonds is 1. The van der Waals surface area contributed by atoms with Crippen molar-refractivity contribution in [1.29, 1.82) is 0 Å². The largest absolute Gasteiger partial charge is 0.317 e. The standard InChI is InChI=1S/C5H9F2N.C2H6/c1-8-4-2-5(6,7)3-4;1-2/h4,8H,2-3H2,1H3;1-2H3. The lowest BCUT2D eigenvalue weighted by Gasteiger charge is -2.34. The van der Waals surface area contributed by atoms with Gasteiger partial charge in [0.05, 0.1) is 0 Å². The van der Waals surface area contributed by atoms with E-state index in [0.29, 0.717) is 0 Å². The Balaban J connectivity index is 0.000000371. The number of hydrogen-bond donors (Lipinski definition) is 1. The summed E-state index contributed by atoms with van der Waals surface area (Å²) < 4.78 is 23.9. The molecule has 62 valence electrons. The van der Waals surface area contributed by atoms with Gasteiger partial charge >= 0.3 is 0 Å². The van der Waals surface area contributed by atoms with E-state index in [0.717, 1.165) is 0 Å². The predicted octanol–water partition coefficient (Wildman–Crippen LogP) is 2.03. The summed E-state index contributed by atoms with van der Waals surface area (Å²) in [6.07, 6.45) is 0.0347. The van der Waals surface area contributed by atoms with Crippen molar-refractivity contribution < 1.29 is 8.78 Å². The first-order chi connectivity index (χ1) is 4.64. The maximum atomic E-state index is 11.9. The molecule has 1 rings (SSSR count). The number of alkyl halides is 2. The average Bonchev–Trinajstić information content (AvgIpc) is 1.87. The molecule has 0 aromatic heterocycles. The second-order valence-electron chi connectivity index (χ2n) is 2.25. The second-order valence-corrected chi connectivity index (χ2v) is 2.25. The highest BCUT2D eigenvalue weighted by molar-refractivity contribution is 4.90. The minimum Gasteiger partial charge on any atom is -0.317 e. The van der Waals surface area contributed by atoms with Crippen molar-refractivity contribution in [2.75, 3.05) is 7.05 Å². The van der Waals surface area contributed by atoms with Gasteiger partial charge in [-0.3, -0.25) is 0 Å². The van der Waals surface area contributed by atoms with E-state index in [-0.39, 0.29) is 18.9 Å². The van der Waals surface area contributed by atoms with Gasteiger partial charge in [-0.1, -0.05) is 13.8 Å². The van der Waals surface area contributed by atoms with Crippen LogP contribution in [0.15, 0.2) is 0 Å². The van der Waals surface area contributed by atoms with Crippen LogP contribution in [0.4, 0.5) is 8.78 Å². The molecule has 1 saturated carbocycles. The molecule has 0 aromatic rings. The van der Waals surface area contributed by atoms with Crippen molar-refractivity contribution in [2.24, 2.45) is 0 Å². The summed E-state index contributed by atoms with van der Waals surface area (Å²) in [5, 5.41) is 2.78. The van der Waals surface area contributed by atoms with Crippen molar-refractivity contribution in [3.63, 3.8) is 0 Å². The Morgan fingerprint density at radius 1 is 1.30 bits per heavy atom. The highest BCUT2D eigenvalue weighted by atomic mass is 19.3. The lowest BCUT2D eigenvalue weighted by molar-refractivity contribution is -0.0910. The van der Waals surface area contributed by atoms with Gasteiger partial charge < -0.3 is 5.32 Å². The molecule has 1 aliphatic carbocycles.